The van der Waals surface area contributed by atoms with Crippen molar-refractivity contribution in [2.24, 2.45) is 0 Å². The third kappa shape index (κ3) is 2.61. The first-order valence-corrected chi connectivity index (χ1v) is 8.09. The van der Waals surface area contributed by atoms with Gasteiger partial charge in [-0.05, 0) is 36.5 Å². The van der Waals surface area contributed by atoms with Crippen LogP contribution in [0.1, 0.15) is 34.8 Å². The molecule has 4 heteroatoms. The lowest BCUT2D eigenvalue weighted by Crippen LogP contribution is -2.38. The Labute approximate surface area is 135 Å². The molecule has 0 aliphatic carbocycles. The van der Waals surface area contributed by atoms with E-state index in [0.29, 0.717) is 11.6 Å². The maximum atomic E-state index is 12.8. The topological polar surface area (TPSA) is 37.6 Å². The van der Waals surface area contributed by atoms with Crippen molar-refractivity contribution in [3.05, 3.63) is 72.3 Å². The van der Waals surface area contributed by atoms with Crippen LogP contribution in [-0.2, 0) is 0 Å². The summed E-state index contributed by atoms with van der Waals surface area (Å²) in [4.78, 5) is 19.0. The van der Waals surface area contributed by atoms with Crippen molar-refractivity contribution in [1.29, 1.82) is 0 Å². The molecule has 0 bridgehead atoms. The monoisotopic (exact) mass is 305 g/mol. The first kappa shape index (κ1) is 14.0. The summed E-state index contributed by atoms with van der Waals surface area (Å²) < 4.78 is 1.89. The van der Waals surface area contributed by atoms with Crippen LogP contribution in [0.4, 0.5) is 0 Å². The number of amides is 1. The summed E-state index contributed by atoms with van der Waals surface area (Å²) in [5, 5.41) is 0. The fourth-order valence-electron chi connectivity index (χ4n) is 3.40. The molecule has 1 aromatic carbocycles. The van der Waals surface area contributed by atoms with Gasteiger partial charge in [0.25, 0.3) is 5.91 Å². The molecule has 1 fully saturated rings. The fourth-order valence-corrected chi connectivity index (χ4v) is 3.40. The molecule has 1 amide bonds. The maximum Gasteiger partial charge on any atom is 0.274 e. The normalized spacial score (nSPS) is 15.9. The van der Waals surface area contributed by atoms with Crippen molar-refractivity contribution in [2.75, 3.05) is 13.1 Å². The predicted octanol–water partition coefficient (Wildman–Crippen LogP) is 3.35. The molecule has 0 spiro atoms. The fraction of sp³-hybridized carbons (Fsp3) is 0.263. The molecule has 3 heterocycles. The number of hydrogen-bond donors (Lipinski definition) is 0. The van der Waals surface area contributed by atoms with Gasteiger partial charge in [0.05, 0.1) is 5.52 Å². The zero-order chi connectivity index (χ0) is 15.6. The molecule has 23 heavy (non-hydrogen) atoms. The summed E-state index contributed by atoms with van der Waals surface area (Å²) in [6, 6.07) is 16.4. The lowest BCUT2D eigenvalue weighted by Gasteiger charge is -2.32. The van der Waals surface area contributed by atoms with E-state index < -0.39 is 0 Å². The number of imidazole rings is 1. The molecule has 0 saturated carbocycles. The maximum absolute atomic E-state index is 12.8. The van der Waals surface area contributed by atoms with E-state index in [1.54, 1.807) is 6.33 Å². The minimum absolute atomic E-state index is 0.0465. The van der Waals surface area contributed by atoms with Crippen LogP contribution in [0.25, 0.3) is 5.52 Å². The highest BCUT2D eigenvalue weighted by Gasteiger charge is 2.26. The third-order valence-electron chi connectivity index (χ3n) is 4.70. The summed E-state index contributed by atoms with van der Waals surface area (Å²) in [6.07, 6.45) is 5.66. The summed E-state index contributed by atoms with van der Waals surface area (Å²) in [5.74, 6) is 0.601. The van der Waals surface area contributed by atoms with Crippen molar-refractivity contribution >= 4 is 11.4 Å². The standard InChI is InChI=1S/C19H19N3O/c23-19(18-17-8-4-5-11-22(17)14-20-18)21-12-9-16(10-13-21)15-6-2-1-3-7-15/h1-8,11,14,16H,9-10,12-13H2. The molecule has 4 rings (SSSR count). The van der Waals surface area contributed by atoms with E-state index in [1.165, 1.54) is 5.56 Å². The van der Waals surface area contributed by atoms with Crippen LogP contribution < -0.4 is 0 Å². The van der Waals surface area contributed by atoms with Gasteiger partial charge in [0.2, 0.25) is 0 Å². The van der Waals surface area contributed by atoms with Crippen molar-refractivity contribution in [1.82, 2.24) is 14.3 Å². The molecular weight excluding hydrogens is 286 g/mol. The summed E-state index contributed by atoms with van der Waals surface area (Å²) in [6.45, 7) is 1.59. The van der Waals surface area contributed by atoms with Crippen LogP contribution in [0.3, 0.4) is 0 Å². The van der Waals surface area contributed by atoms with Gasteiger partial charge in [-0.15, -0.1) is 0 Å². The van der Waals surface area contributed by atoms with Crippen molar-refractivity contribution < 1.29 is 4.79 Å². The first-order chi connectivity index (χ1) is 11.3. The Balaban J connectivity index is 1.49. The van der Waals surface area contributed by atoms with Gasteiger partial charge in [-0.2, -0.15) is 0 Å². The number of pyridine rings is 1. The molecule has 3 aromatic rings. The van der Waals surface area contributed by atoms with E-state index in [2.05, 4.69) is 29.2 Å². The molecule has 0 N–H and O–H groups in total. The minimum Gasteiger partial charge on any atom is -0.337 e. The number of likely N-dealkylation sites (tertiary alicyclic amines) is 1. The van der Waals surface area contributed by atoms with E-state index in [0.717, 1.165) is 31.4 Å². The number of hydrogen-bond acceptors (Lipinski definition) is 2. The van der Waals surface area contributed by atoms with Gasteiger partial charge in [0, 0.05) is 19.3 Å². The zero-order valence-electron chi connectivity index (χ0n) is 12.9. The first-order valence-electron chi connectivity index (χ1n) is 8.09. The van der Waals surface area contributed by atoms with Crippen molar-refractivity contribution in [3.8, 4) is 0 Å². The average Bonchev–Trinajstić information content (AvgIpc) is 3.06. The van der Waals surface area contributed by atoms with Crippen LogP contribution in [0.5, 0.6) is 0 Å². The molecule has 116 valence electrons. The summed E-state index contributed by atoms with van der Waals surface area (Å²) >= 11 is 0. The van der Waals surface area contributed by atoms with E-state index in [4.69, 9.17) is 0 Å². The van der Waals surface area contributed by atoms with Gasteiger partial charge in [-0.25, -0.2) is 4.98 Å². The minimum atomic E-state index is 0.0465. The molecule has 0 unspecified atom stereocenters. The van der Waals surface area contributed by atoms with E-state index in [1.807, 2.05) is 39.8 Å². The Hall–Kier alpha value is -2.62. The lowest BCUT2D eigenvalue weighted by atomic mass is 9.89. The molecule has 1 saturated heterocycles. The van der Waals surface area contributed by atoms with Gasteiger partial charge in [0.1, 0.15) is 6.33 Å². The Bertz CT molecular complexity index is 817. The summed E-state index contributed by atoms with van der Waals surface area (Å²) in [5.41, 5.74) is 2.82. The van der Waals surface area contributed by atoms with Crippen LogP contribution >= 0.6 is 0 Å². The highest BCUT2D eigenvalue weighted by Crippen LogP contribution is 2.28. The van der Waals surface area contributed by atoms with Gasteiger partial charge in [0.15, 0.2) is 5.69 Å². The van der Waals surface area contributed by atoms with Gasteiger partial charge in [-0.3, -0.25) is 4.79 Å². The number of rotatable bonds is 2. The second kappa shape index (κ2) is 5.88. The van der Waals surface area contributed by atoms with Crippen LogP contribution in [-0.4, -0.2) is 33.3 Å². The number of carbonyl (C=O) groups excluding carboxylic acids is 1. The zero-order valence-corrected chi connectivity index (χ0v) is 12.9. The van der Waals surface area contributed by atoms with Gasteiger partial charge >= 0.3 is 0 Å². The van der Waals surface area contributed by atoms with Crippen molar-refractivity contribution in [3.63, 3.8) is 0 Å². The molecule has 4 nitrogen and oxygen atoms in total. The second-order valence-corrected chi connectivity index (χ2v) is 6.06. The molecule has 0 radical (unpaired) electrons. The number of nitrogens with zero attached hydrogens (tertiary/aromatic N) is 3. The molecular formula is C19H19N3O. The second-order valence-electron chi connectivity index (χ2n) is 6.06. The predicted molar refractivity (Wildman–Crippen MR) is 89.5 cm³/mol. The van der Waals surface area contributed by atoms with E-state index in [9.17, 15) is 4.79 Å². The number of aromatic nitrogens is 2. The Morgan fingerprint density at radius 3 is 2.52 bits per heavy atom. The Morgan fingerprint density at radius 2 is 1.74 bits per heavy atom. The highest BCUT2D eigenvalue weighted by molar-refractivity contribution is 5.99. The smallest absolute Gasteiger partial charge is 0.274 e. The SMILES string of the molecule is O=C(c1ncn2ccccc12)N1CCC(c2ccccc2)CC1. The number of benzene rings is 1. The highest BCUT2D eigenvalue weighted by atomic mass is 16.2. The van der Waals surface area contributed by atoms with Gasteiger partial charge in [-0.1, -0.05) is 36.4 Å². The molecule has 1 aliphatic rings. The Morgan fingerprint density at radius 1 is 1.00 bits per heavy atom. The number of piperidine rings is 1. The van der Waals surface area contributed by atoms with Crippen molar-refractivity contribution in [2.45, 2.75) is 18.8 Å². The molecule has 1 aliphatic heterocycles. The molecule has 2 aromatic heterocycles. The Kier molecular flexibility index (Phi) is 3.58. The van der Waals surface area contributed by atoms with Gasteiger partial charge < -0.3 is 9.30 Å². The quantitative estimate of drug-likeness (QED) is 0.728. The van der Waals surface area contributed by atoms with Crippen LogP contribution in [0.15, 0.2) is 61.1 Å². The number of carbonyl (C=O) groups is 1. The number of fused-ring (bicyclic) bond motifs is 1. The van der Waals surface area contributed by atoms with Crippen LogP contribution in [0, 0.1) is 0 Å². The van der Waals surface area contributed by atoms with E-state index >= 15 is 0 Å². The van der Waals surface area contributed by atoms with E-state index in [-0.39, 0.29) is 5.91 Å². The lowest BCUT2D eigenvalue weighted by molar-refractivity contribution is 0.0709. The van der Waals surface area contributed by atoms with Crippen LogP contribution in [0.2, 0.25) is 0 Å². The molecule has 0 atom stereocenters. The average molecular weight is 305 g/mol. The summed E-state index contributed by atoms with van der Waals surface area (Å²) in [7, 11) is 0. The largest absolute Gasteiger partial charge is 0.337 e. The third-order valence-corrected chi connectivity index (χ3v) is 4.70.